The summed E-state index contributed by atoms with van der Waals surface area (Å²) in [5.41, 5.74) is 2.34. The molecule has 1 N–H and O–H groups in total. The smallest absolute Gasteiger partial charge is 0.155 e. The topological polar surface area (TPSA) is 62.6 Å². The van der Waals surface area contributed by atoms with Gasteiger partial charge in [0.25, 0.3) is 0 Å². The van der Waals surface area contributed by atoms with E-state index < -0.39 is 0 Å². The molecule has 0 aromatic carbocycles. The summed E-state index contributed by atoms with van der Waals surface area (Å²) in [5, 5.41) is 11.8. The van der Waals surface area contributed by atoms with Gasteiger partial charge in [-0.05, 0) is 46.2 Å². The van der Waals surface area contributed by atoms with E-state index in [2.05, 4.69) is 42.9 Å². The minimum Gasteiger partial charge on any atom is -0.301 e. The Kier molecular flexibility index (Phi) is 4.05. The van der Waals surface area contributed by atoms with Crippen LogP contribution in [-0.2, 0) is 6.54 Å². The van der Waals surface area contributed by atoms with Crippen LogP contribution >= 0.6 is 0 Å². The Bertz CT molecular complexity index is 599. The number of aromatic amines is 1. The molecule has 3 heterocycles. The van der Waals surface area contributed by atoms with E-state index in [1.54, 1.807) is 0 Å². The number of H-pyrrole nitrogens is 1. The summed E-state index contributed by atoms with van der Waals surface area (Å²) in [6, 6.07) is 2.13. The Labute approximate surface area is 125 Å². The monoisotopic (exact) mass is 288 g/mol. The van der Waals surface area contributed by atoms with Crippen molar-refractivity contribution in [2.75, 3.05) is 19.6 Å². The summed E-state index contributed by atoms with van der Waals surface area (Å²) in [4.78, 5) is 7.00. The van der Waals surface area contributed by atoms with Gasteiger partial charge in [0, 0.05) is 24.7 Å². The molecule has 0 radical (unpaired) electrons. The summed E-state index contributed by atoms with van der Waals surface area (Å²) >= 11 is 0. The lowest BCUT2D eigenvalue weighted by molar-refractivity contribution is 0.195. The maximum absolute atomic E-state index is 4.54. The number of nitrogens with one attached hydrogen (secondary N) is 1. The third-order valence-corrected chi connectivity index (χ3v) is 4.22. The Balaban J connectivity index is 1.57. The number of rotatable bonds is 4. The van der Waals surface area contributed by atoms with Crippen LogP contribution < -0.4 is 0 Å². The van der Waals surface area contributed by atoms with Crippen LogP contribution in [0.1, 0.15) is 41.8 Å². The Morgan fingerprint density at radius 3 is 2.81 bits per heavy atom. The fraction of sp³-hybridized carbons (Fsp3) is 0.667. The molecular formula is C15H24N6. The van der Waals surface area contributed by atoms with Crippen molar-refractivity contribution < 1.29 is 0 Å². The molecule has 1 fully saturated rings. The second-order valence-corrected chi connectivity index (χ2v) is 6.07. The highest BCUT2D eigenvalue weighted by atomic mass is 15.3. The molecule has 0 saturated carbocycles. The number of hydrogen-bond donors (Lipinski definition) is 1. The van der Waals surface area contributed by atoms with Crippen LogP contribution in [0.25, 0.3) is 0 Å². The van der Waals surface area contributed by atoms with E-state index in [-0.39, 0.29) is 0 Å². The average molecular weight is 288 g/mol. The summed E-state index contributed by atoms with van der Waals surface area (Å²) in [6.45, 7) is 10.3. The highest BCUT2D eigenvalue weighted by molar-refractivity contribution is 5.06. The Morgan fingerprint density at radius 2 is 2.14 bits per heavy atom. The molecule has 2 aromatic rings. The van der Waals surface area contributed by atoms with Crippen molar-refractivity contribution in [3.63, 3.8) is 0 Å². The number of aromatic nitrogens is 5. The van der Waals surface area contributed by atoms with E-state index in [4.69, 9.17) is 0 Å². The van der Waals surface area contributed by atoms with E-state index in [0.717, 1.165) is 37.0 Å². The standard InChI is InChI=1S/C15H24N6/c1-11-9-12(2)21(19-11)8-7-20-6-4-5-14(10-20)15-16-13(3)17-18-15/h9,14H,4-8,10H2,1-3H3,(H,16,17,18)/t14-/m0/s1. The van der Waals surface area contributed by atoms with Crippen molar-refractivity contribution in [3.8, 4) is 0 Å². The van der Waals surface area contributed by atoms with Gasteiger partial charge in [0.2, 0.25) is 0 Å². The highest BCUT2D eigenvalue weighted by Gasteiger charge is 2.24. The molecule has 114 valence electrons. The van der Waals surface area contributed by atoms with Crippen molar-refractivity contribution in [2.24, 2.45) is 0 Å². The molecule has 0 bridgehead atoms. The summed E-state index contributed by atoms with van der Waals surface area (Å²) in [7, 11) is 0. The summed E-state index contributed by atoms with van der Waals surface area (Å²) in [5.74, 6) is 2.34. The number of aryl methyl sites for hydroxylation is 3. The minimum atomic E-state index is 0.462. The van der Waals surface area contributed by atoms with Gasteiger partial charge in [-0.3, -0.25) is 9.78 Å². The Morgan fingerprint density at radius 1 is 1.29 bits per heavy atom. The molecular weight excluding hydrogens is 264 g/mol. The van der Waals surface area contributed by atoms with Crippen molar-refractivity contribution in [3.05, 3.63) is 29.1 Å². The maximum Gasteiger partial charge on any atom is 0.155 e. The van der Waals surface area contributed by atoms with Crippen LogP contribution in [0.5, 0.6) is 0 Å². The second kappa shape index (κ2) is 5.97. The first-order valence-corrected chi connectivity index (χ1v) is 7.74. The van der Waals surface area contributed by atoms with E-state index in [1.807, 2.05) is 13.8 Å². The predicted octanol–water partition coefficient (Wildman–Crippen LogP) is 1.81. The van der Waals surface area contributed by atoms with Gasteiger partial charge in [-0.2, -0.15) is 10.2 Å². The lowest BCUT2D eigenvalue weighted by Crippen LogP contribution is -2.37. The molecule has 2 aromatic heterocycles. The van der Waals surface area contributed by atoms with Gasteiger partial charge in [0.15, 0.2) is 5.82 Å². The predicted molar refractivity (Wildman–Crippen MR) is 81.2 cm³/mol. The molecule has 0 aliphatic carbocycles. The van der Waals surface area contributed by atoms with Crippen LogP contribution in [0.4, 0.5) is 0 Å². The van der Waals surface area contributed by atoms with Crippen molar-refractivity contribution in [2.45, 2.75) is 46.1 Å². The van der Waals surface area contributed by atoms with Gasteiger partial charge in [-0.15, -0.1) is 0 Å². The largest absolute Gasteiger partial charge is 0.301 e. The van der Waals surface area contributed by atoms with Crippen LogP contribution in [0.2, 0.25) is 0 Å². The first-order chi connectivity index (χ1) is 10.1. The molecule has 6 heteroatoms. The SMILES string of the molecule is Cc1cc(C)n(CCN2CCC[C@H](c3n[nH]c(C)n3)C2)n1. The van der Waals surface area contributed by atoms with Crippen LogP contribution in [0, 0.1) is 20.8 Å². The van der Waals surface area contributed by atoms with Gasteiger partial charge >= 0.3 is 0 Å². The molecule has 0 amide bonds. The zero-order chi connectivity index (χ0) is 14.8. The number of piperidine rings is 1. The van der Waals surface area contributed by atoms with Gasteiger partial charge in [0.1, 0.15) is 5.82 Å². The Hall–Kier alpha value is -1.69. The molecule has 1 saturated heterocycles. The fourth-order valence-electron chi connectivity index (χ4n) is 3.15. The maximum atomic E-state index is 4.54. The molecule has 1 aliphatic heterocycles. The second-order valence-electron chi connectivity index (χ2n) is 6.07. The van der Waals surface area contributed by atoms with Crippen LogP contribution in [-0.4, -0.2) is 49.5 Å². The van der Waals surface area contributed by atoms with Crippen molar-refractivity contribution in [1.29, 1.82) is 0 Å². The first kappa shape index (κ1) is 14.3. The van der Waals surface area contributed by atoms with Crippen molar-refractivity contribution in [1.82, 2.24) is 29.9 Å². The van der Waals surface area contributed by atoms with Crippen LogP contribution in [0.15, 0.2) is 6.07 Å². The quantitative estimate of drug-likeness (QED) is 0.932. The third-order valence-electron chi connectivity index (χ3n) is 4.22. The molecule has 6 nitrogen and oxygen atoms in total. The first-order valence-electron chi connectivity index (χ1n) is 7.74. The molecule has 0 spiro atoms. The van der Waals surface area contributed by atoms with E-state index >= 15 is 0 Å². The van der Waals surface area contributed by atoms with Gasteiger partial charge < -0.3 is 4.90 Å². The summed E-state index contributed by atoms with van der Waals surface area (Å²) < 4.78 is 2.11. The van der Waals surface area contributed by atoms with Gasteiger partial charge in [-0.25, -0.2) is 4.98 Å². The normalized spacial score (nSPS) is 20.0. The third kappa shape index (κ3) is 3.32. The van der Waals surface area contributed by atoms with Gasteiger partial charge in [-0.1, -0.05) is 0 Å². The van der Waals surface area contributed by atoms with E-state index in [0.29, 0.717) is 5.92 Å². The zero-order valence-electron chi connectivity index (χ0n) is 13.1. The van der Waals surface area contributed by atoms with Gasteiger partial charge in [0.05, 0.1) is 12.2 Å². The molecule has 3 rings (SSSR count). The summed E-state index contributed by atoms with van der Waals surface area (Å²) in [6.07, 6.45) is 2.41. The lowest BCUT2D eigenvalue weighted by atomic mass is 9.97. The van der Waals surface area contributed by atoms with E-state index in [9.17, 15) is 0 Å². The van der Waals surface area contributed by atoms with Crippen LogP contribution in [0.3, 0.4) is 0 Å². The molecule has 21 heavy (non-hydrogen) atoms. The molecule has 0 unspecified atom stereocenters. The molecule has 1 aliphatic rings. The number of hydrogen-bond acceptors (Lipinski definition) is 4. The average Bonchev–Trinajstić information content (AvgIpc) is 3.03. The fourth-order valence-corrected chi connectivity index (χ4v) is 3.15. The number of likely N-dealkylation sites (tertiary alicyclic amines) is 1. The molecule has 1 atom stereocenters. The number of nitrogens with zero attached hydrogens (tertiary/aromatic N) is 5. The highest BCUT2D eigenvalue weighted by Crippen LogP contribution is 2.24. The van der Waals surface area contributed by atoms with E-state index in [1.165, 1.54) is 25.1 Å². The minimum absolute atomic E-state index is 0.462. The lowest BCUT2D eigenvalue weighted by Gasteiger charge is -2.31. The zero-order valence-corrected chi connectivity index (χ0v) is 13.1. The van der Waals surface area contributed by atoms with Crippen molar-refractivity contribution >= 4 is 0 Å².